The number of carbonyl (C=O) groups excluding carboxylic acids is 2. The molecule has 6 rings (SSSR count). The Balaban J connectivity index is 1.38. The molecule has 1 N–H and O–H groups in total. The Morgan fingerprint density at radius 1 is 1.15 bits per heavy atom. The zero-order chi connectivity index (χ0) is 33.9. The van der Waals surface area contributed by atoms with Gasteiger partial charge in [-0.15, -0.1) is 0 Å². The van der Waals surface area contributed by atoms with Crippen molar-refractivity contribution in [3.63, 3.8) is 0 Å². The average Bonchev–Trinajstić information content (AvgIpc) is 3.27. The number of rotatable bonds is 4. The second-order valence-electron chi connectivity index (χ2n) is 13.6. The Hall–Kier alpha value is -4.08. The summed E-state index contributed by atoms with van der Waals surface area (Å²) in [5.41, 5.74) is 3.04. The average molecular weight is 668 g/mol. The zero-order valence-corrected chi connectivity index (χ0v) is 28.6. The largest absolute Gasteiger partial charge is 0.444 e. The number of carbonyl (C=O) groups is 2. The lowest BCUT2D eigenvalue weighted by molar-refractivity contribution is -0.148. The fourth-order valence-corrected chi connectivity index (χ4v) is 6.75. The van der Waals surface area contributed by atoms with Crippen LogP contribution in [0, 0.1) is 0 Å². The van der Waals surface area contributed by atoms with Gasteiger partial charge in [0.25, 0.3) is 5.91 Å². The fraction of sp³-hybridized carbons (Fsp3) is 0.531. The molecule has 0 fully saturated rings. The van der Waals surface area contributed by atoms with E-state index in [1.807, 2.05) is 28.6 Å². The van der Waals surface area contributed by atoms with Crippen LogP contribution in [0.5, 0.6) is 0 Å². The molecule has 5 heterocycles. The molecule has 252 valence electrons. The molecule has 3 aromatic rings. The molecular formula is C32H41N7O7S. The van der Waals surface area contributed by atoms with Gasteiger partial charge in [-0.25, -0.2) is 23.2 Å². The van der Waals surface area contributed by atoms with E-state index in [-0.39, 0.29) is 36.8 Å². The predicted molar refractivity (Wildman–Crippen MR) is 172 cm³/mol. The lowest BCUT2D eigenvalue weighted by atomic mass is 9.80. The first-order valence-corrected chi connectivity index (χ1v) is 17.5. The van der Waals surface area contributed by atoms with Crippen LogP contribution in [0.25, 0.3) is 0 Å². The summed E-state index contributed by atoms with van der Waals surface area (Å²) in [5, 5.41) is 7.07. The fourth-order valence-electron chi connectivity index (χ4n) is 6.22. The first-order chi connectivity index (χ1) is 22.0. The van der Waals surface area contributed by atoms with E-state index < -0.39 is 27.1 Å². The van der Waals surface area contributed by atoms with Crippen LogP contribution in [0.15, 0.2) is 29.4 Å². The number of aryl methyl sites for hydroxylation is 1. The van der Waals surface area contributed by atoms with Crippen molar-refractivity contribution < 1.29 is 32.2 Å². The minimum atomic E-state index is -3.78. The number of benzene rings is 1. The van der Waals surface area contributed by atoms with E-state index in [2.05, 4.69) is 20.4 Å². The molecular weight excluding hydrogens is 626 g/mol. The third kappa shape index (κ3) is 6.56. The van der Waals surface area contributed by atoms with Crippen LogP contribution in [0.4, 0.5) is 16.3 Å². The van der Waals surface area contributed by atoms with E-state index in [9.17, 15) is 18.0 Å². The summed E-state index contributed by atoms with van der Waals surface area (Å²) in [4.78, 5) is 37.9. The summed E-state index contributed by atoms with van der Waals surface area (Å²) < 4.78 is 46.0. The molecule has 0 saturated carbocycles. The second-order valence-corrected chi connectivity index (χ2v) is 15.5. The van der Waals surface area contributed by atoms with Crippen molar-refractivity contribution in [2.24, 2.45) is 0 Å². The Morgan fingerprint density at radius 2 is 1.91 bits per heavy atom. The number of anilines is 2. The highest BCUT2D eigenvalue weighted by atomic mass is 32.2. The van der Waals surface area contributed by atoms with Gasteiger partial charge in [0, 0.05) is 51.1 Å². The minimum Gasteiger partial charge on any atom is -0.444 e. The number of ether oxygens (including phenoxy) is 3. The van der Waals surface area contributed by atoms with Gasteiger partial charge >= 0.3 is 6.09 Å². The summed E-state index contributed by atoms with van der Waals surface area (Å²) in [7, 11) is -0.418. The zero-order valence-electron chi connectivity index (χ0n) is 27.8. The maximum Gasteiger partial charge on any atom is 0.412 e. The van der Waals surface area contributed by atoms with Gasteiger partial charge in [0.1, 0.15) is 17.0 Å². The molecule has 0 saturated heterocycles. The van der Waals surface area contributed by atoms with Crippen molar-refractivity contribution in [3.05, 3.63) is 58.0 Å². The van der Waals surface area contributed by atoms with E-state index >= 15 is 0 Å². The lowest BCUT2D eigenvalue weighted by Crippen LogP contribution is -2.45. The molecule has 0 radical (unpaired) electrons. The maximum atomic E-state index is 12.9. The Kier molecular flexibility index (Phi) is 8.29. The summed E-state index contributed by atoms with van der Waals surface area (Å²) in [6, 6.07) is 7.33. The highest BCUT2D eigenvalue weighted by molar-refractivity contribution is 7.90. The number of amides is 2. The van der Waals surface area contributed by atoms with Gasteiger partial charge in [0.05, 0.1) is 37.3 Å². The van der Waals surface area contributed by atoms with E-state index in [0.29, 0.717) is 54.5 Å². The molecule has 14 nitrogen and oxygen atoms in total. The van der Waals surface area contributed by atoms with Gasteiger partial charge < -0.3 is 24.0 Å². The van der Waals surface area contributed by atoms with Gasteiger partial charge in [-0.05, 0) is 63.4 Å². The molecule has 1 spiro atoms. The van der Waals surface area contributed by atoms with E-state index in [0.717, 1.165) is 23.1 Å². The molecule has 3 aliphatic rings. The number of sulfone groups is 1. The van der Waals surface area contributed by atoms with Crippen LogP contribution in [0.2, 0.25) is 0 Å². The van der Waals surface area contributed by atoms with Gasteiger partial charge in [-0.1, -0.05) is 6.07 Å². The number of nitrogens with zero attached hydrogens (tertiary/aromatic N) is 6. The monoisotopic (exact) mass is 667 g/mol. The second kappa shape index (κ2) is 11.9. The highest BCUT2D eigenvalue weighted by Crippen LogP contribution is 2.46. The third-order valence-electron chi connectivity index (χ3n) is 8.46. The van der Waals surface area contributed by atoms with Crippen LogP contribution in [0.1, 0.15) is 78.8 Å². The summed E-state index contributed by atoms with van der Waals surface area (Å²) in [5.74, 6) is 0.287. The van der Waals surface area contributed by atoms with Gasteiger partial charge in [-0.3, -0.25) is 14.8 Å². The molecule has 3 aliphatic heterocycles. The van der Waals surface area contributed by atoms with Crippen molar-refractivity contribution >= 4 is 33.3 Å². The van der Waals surface area contributed by atoms with Crippen molar-refractivity contribution in [2.45, 2.75) is 82.7 Å². The first kappa shape index (κ1) is 32.8. The number of hydrogen-bond acceptors (Lipinski definition) is 11. The van der Waals surface area contributed by atoms with E-state index in [1.54, 1.807) is 47.0 Å². The predicted octanol–water partition coefficient (Wildman–Crippen LogP) is 3.60. The van der Waals surface area contributed by atoms with Crippen molar-refractivity contribution in [1.82, 2.24) is 24.6 Å². The van der Waals surface area contributed by atoms with E-state index in [1.165, 1.54) is 4.90 Å². The van der Waals surface area contributed by atoms with Crippen molar-refractivity contribution in [1.29, 1.82) is 0 Å². The van der Waals surface area contributed by atoms with E-state index in [4.69, 9.17) is 14.2 Å². The summed E-state index contributed by atoms with van der Waals surface area (Å²) in [6.07, 6.45) is 1.22. The topological polar surface area (TPSA) is 158 Å². The van der Waals surface area contributed by atoms with Gasteiger partial charge in [0.15, 0.2) is 5.69 Å². The van der Waals surface area contributed by atoms with Crippen LogP contribution < -0.4 is 10.2 Å². The van der Waals surface area contributed by atoms with Gasteiger partial charge in [-0.2, -0.15) is 5.10 Å². The van der Waals surface area contributed by atoms with Crippen molar-refractivity contribution in [3.8, 4) is 0 Å². The number of nitrogens with one attached hydrogen (secondary N) is 1. The Morgan fingerprint density at radius 3 is 2.62 bits per heavy atom. The highest BCUT2D eigenvalue weighted by Gasteiger charge is 2.46. The number of hydrogen-bond donors (Lipinski definition) is 1. The summed E-state index contributed by atoms with van der Waals surface area (Å²) >= 11 is 0. The van der Waals surface area contributed by atoms with Gasteiger partial charge in [0.2, 0.25) is 15.0 Å². The molecule has 0 aliphatic carbocycles. The first-order valence-electron chi connectivity index (χ1n) is 15.6. The van der Waals surface area contributed by atoms with Crippen LogP contribution in [0.3, 0.4) is 0 Å². The molecule has 2 atom stereocenters. The molecule has 15 heteroatoms. The summed E-state index contributed by atoms with van der Waals surface area (Å²) in [6.45, 7) is 9.21. The molecule has 0 bridgehead atoms. The molecule has 1 aromatic carbocycles. The van der Waals surface area contributed by atoms with Crippen LogP contribution in [-0.2, 0) is 55.8 Å². The van der Waals surface area contributed by atoms with Crippen molar-refractivity contribution in [2.75, 3.05) is 43.7 Å². The number of aromatic nitrogens is 4. The SMILES string of the molecule is C[C@@H]1OC[C@]2(Cc3nc(S(C)(=O)=O)nc(N4CCCn5nc(C(=O)N(C)C)cc5C4)c3CO2)c2cc(NC(=O)OC(C)(C)C)ccc21. The standard InChI is InChI=1S/C32H41N7O7S/c1-19-22-10-9-20(33-30(41)46-31(2,3)4)13-24(22)32(18-44-19)15-26-23(17-45-32)27(35-29(34-26)47(7,42)43)38-11-8-12-39-21(16-38)14-25(36-39)28(40)37(5)6/h9-10,13-14,19H,8,11-12,15-18H2,1-7H3,(H,33,41)/t19-,32+/m0/s1. The Bertz CT molecular complexity index is 1850. The molecule has 0 unspecified atom stereocenters. The number of fused-ring (bicyclic) bond motifs is 4. The van der Waals surface area contributed by atoms with Crippen LogP contribution >= 0.6 is 0 Å². The molecule has 2 aromatic heterocycles. The quantitative estimate of drug-likeness (QED) is 0.406. The minimum absolute atomic E-state index is 0.107. The third-order valence-corrected chi connectivity index (χ3v) is 9.31. The maximum absolute atomic E-state index is 12.9. The normalized spacial score (nSPS) is 20.9. The Labute approximate surface area is 274 Å². The smallest absolute Gasteiger partial charge is 0.412 e. The lowest BCUT2D eigenvalue weighted by Gasteiger charge is -2.44. The molecule has 47 heavy (non-hydrogen) atoms. The van der Waals surface area contributed by atoms with Crippen LogP contribution in [-0.4, -0.2) is 84.2 Å². The molecule has 2 amide bonds.